The molecule has 2 aromatic heterocycles. The van der Waals surface area contributed by atoms with E-state index < -0.39 is 12.0 Å². The maximum atomic E-state index is 12.9. The fraction of sp³-hybridized carbons (Fsp3) is 0.250. The largest absolute Gasteiger partial charge is 0.449 e. The third-order valence-electron chi connectivity index (χ3n) is 5.10. The number of aromatic amines is 1. The van der Waals surface area contributed by atoms with Crippen molar-refractivity contribution in [2.45, 2.75) is 6.18 Å². The van der Waals surface area contributed by atoms with Crippen LogP contribution in [0.15, 0.2) is 48.5 Å². The van der Waals surface area contributed by atoms with Crippen LogP contribution in [0.4, 0.5) is 24.0 Å². The number of nitrogens with one attached hydrogen (secondary N) is 1. The molecule has 0 saturated carbocycles. The average Bonchev–Trinajstić information content (AvgIpc) is 3.41. The Bertz CT molecular complexity index is 1160. The van der Waals surface area contributed by atoms with Crippen LogP contribution in [0.25, 0.3) is 22.4 Å². The van der Waals surface area contributed by atoms with Crippen LogP contribution in [0, 0.1) is 0 Å². The number of aromatic nitrogens is 4. The molecule has 5 rings (SSSR count). The maximum Gasteiger partial charge on any atom is 0.449 e. The molecule has 0 radical (unpaired) electrons. The van der Waals surface area contributed by atoms with Crippen molar-refractivity contribution < 1.29 is 13.2 Å². The van der Waals surface area contributed by atoms with Crippen LogP contribution in [0.5, 0.6) is 0 Å². The number of nitrogens with zero attached hydrogens (tertiary/aromatic N) is 5. The molecule has 0 unspecified atom stereocenters. The summed E-state index contributed by atoms with van der Waals surface area (Å²) in [7, 11) is 0. The van der Waals surface area contributed by atoms with Gasteiger partial charge in [-0.05, 0) is 18.2 Å². The van der Waals surface area contributed by atoms with Crippen LogP contribution in [-0.2, 0) is 6.18 Å². The highest BCUT2D eigenvalue weighted by molar-refractivity contribution is 7.09. The third kappa shape index (κ3) is 3.58. The Kier molecular flexibility index (Phi) is 4.58. The predicted molar refractivity (Wildman–Crippen MR) is 111 cm³/mol. The highest BCUT2D eigenvalue weighted by Crippen LogP contribution is 2.31. The quantitative estimate of drug-likeness (QED) is 0.521. The minimum atomic E-state index is -4.48. The number of anilines is 2. The zero-order valence-electron chi connectivity index (χ0n) is 15.7. The van der Waals surface area contributed by atoms with Gasteiger partial charge < -0.3 is 14.8 Å². The Hall–Kier alpha value is -3.14. The van der Waals surface area contributed by atoms with Crippen LogP contribution in [0.2, 0.25) is 0 Å². The molecular weight excluding hydrogens is 413 g/mol. The topological polar surface area (TPSA) is 60.9 Å². The van der Waals surface area contributed by atoms with E-state index in [9.17, 15) is 13.2 Å². The molecular formula is C20H17F3N6S. The first kappa shape index (κ1) is 18.9. The standard InChI is InChI=1S/C20H17F3N6S/c21-20(22,23)18-24-15-7-6-14(12-16(15)25-18)28-8-10-29(11-9-28)19-26-17(27-30-19)13-4-2-1-3-5-13/h1-7,12H,8-11H2,(H,24,25). The van der Waals surface area contributed by atoms with Gasteiger partial charge in [0.1, 0.15) is 0 Å². The zero-order chi connectivity index (χ0) is 20.7. The number of hydrogen-bond acceptors (Lipinski definition) is 6. The van der Waals surface area contributed by atoms with Gasteiger partial charge in [-0.15, -0.1) is 0 Å². The monoisotopic (exact) mass is 430 g/mol. The lowest BCUT2D eigenvalue weighted by Gasteiger charge is -2.35. The van der Waals surface area contributed by atoms with Gasteiger partial charge in [0.2, 0.25) is 11.0 Å². The van der Waals surface area contributed by atoms with Crippen LogP contribution < -0.4 is 9.80 Å². The molecule has 6 nitrogen and oxygen atoms in total. The molecule has 0 amide bonds. The summed E-state index contributed by atoms with van der Waals surface area (Å²) in [6.07, 6.45) is -4.48. The summed E-state index contributed by atoms with van der Waals surface area (Å²) in [6, 6.07) is 15.0. The molecule has 4 aromatic rings. The first-order valence-electron chi connectivity index (χ1n) is 9.43. The van der Waals surface area contributed by atoms with E-state index in [0.29, 0.717) is 11.0 Å². The van der Waals surface area contributed by atoms with Gasteiger partial charge in [0.15, 0.2) is 5.82 Å². The number of H-pyrrole nitrogens is 1. The SMILES string of the molecule is FC(F)(F)c1nc2ccc(N3CCN(c4nc(-c5ccccc5)ns4)CC3)cc2[nH]1. The van der Waals surface area contributed by atoms with Gasteiger partial charge in [0.25, 0.3) is 0 Å². The van der Waals surface area contributed by atoms with Gasteiger partial charge in [0.05, 0.1) is 11.0 Å². The van der Waals surface area contributed by atoms with Crippen molar-refractivity contribution in [2.75, 3.05) is 36.0 Å². The zero-order valence-corrected chi connectivity index (χ0v) is 16.5. The second-order valence-corrected chi connectivity index (χ2v) is 7.76. The predicted octanol–water partition coefficient (Wildman–Crippen LogP) is 4.43. The first-order valence-corrected chi connectivity index (χ1v) is 10.2. The molecule has 1 aliphatic rings. The van der Waals surface area contributed by atoms with Gasteiger partial charge in [-0.25, -0.2) is 4.98 Å². The van der Waals surface area contributed by atoms with Gasteiger partial charge in [-0.2, -0.15) is 22.5 Å². The molecule has 1 aliphatic heterocycles. The molecule has 0 atom stereocenters. The van der Waals surface area contributed by atoms with E-state index in [1.165, 1.54) is 11.5 Å². The summed E-state index contributed by atoms with van der Waals surface area (Å²) in [6.45, 7) is 3.01. The van der Waals surface area contributed by atoms with E-state index in [0.717, 1.165) is 48.4 Å². The van der Waals surface area contributed by atoms with Crippen LogP contribution >= 0.6 is 11.5 Å². The Labute approximate surface area is 174 Å². The summed E-state index contributed by atoms with van der Waals surface area (Å²) in [5, 5.41) is 0.882. The molecule has 154 valence electrons. The van der Waals surface area contributed by atoms with Crippen molar-refractivity contribution in [3.63, 3.8) is 0 Å². The van der Waals surface area contributed by atoms with Crippen molar-refractivity contribution in [1.82, 2.24) is 19.3 Å². The van der Waals surface area contributed by atoms with Crippen molar-refractivity contribution >= 4 is 33.4 Å². The number of halogens is 3. The van der Waals surface area contributed by atoms with E-state index in [1.54, 1.807) is 12.1 Å². The van der Waals surface area contributed by atoms with Crippen LogP contribution in [0.3, 0.4) is 0 Å². The highest BCUT2D eigenvalue weighted by atomic mass is 32.1. The molecule has 0 bridgehead atoms. The second kappa shape index (κ2) is 7.28. The summed E-state index contributed by atoms with van der Waals surface area (Å²) in [4.78, 5) is 15.0. The number of piperazine rings is 1. The maximum absolute atomic E-state index is 12.9. The number of benzene rings is 2. The van der Waals surface area contributed by atoms with Crippen molar-refractivity contribution in [3.8, 4) is 11.4 Å². The lowest BCUT2D eigenvalue weighted by atomic mass is 10.2. The van der Waals surface area contributed by atoms with E-state index >= 15 is 0 Å². The van der Waals surface area contributed by atoms with Crippen LogP contribution in [0.1, 0.15) is 5.82 Å². The molecule has 30 heavy (non-hydrogen) atoms. The summed E-state index contributed by atoms with van der Waals surface area (Å²) < 4.78 is 43.1. The normalized spacial score (nSPS) is 15.2. The number of imidazole rings is 1. The summed E-state index contributed by atoms with van der Waals surface area (Å²) >= 11 is 1.38. The molecule has 1 fully saturated rings. The molecule has 1 N–H and O–H groups in total. The summed E-state index contributed by atoms with van der Waals surface area (Å²) in [5.74, 6) is -0.242. The van der Waals surface area contributed by atoms with Gasteiger partial charge in [-0.3, -0.25) is 0 Å². The minimum Gasteiger partial charge on any atom is -0.368 e. The minimum absolute atomic E-state index is 0.312. The van der Waals surface area contributed by atoms with Crippen molar-refractivity contribution in [3.05, 3.63) is 54.4 Å². The van der Waals surface area contributed by atoms with Crippen LogP contribution in [-0.4, -0.2) is 45.5 Å². The van der Waals surface area contributed by atoms with E-state index in [4.69, 9.17) is 0 Å². The fourth-order valence-corrected chi connectivity index (χ4v) is 4.27. The lowest BCUT2D eigenvalue weighted by molar-refractivity contribution is -0.144. The Balaban J connectivity index is 1.28. The molecule has 1 saturated heterocycles. The number of hydrogen-bond donors (Lipinski definition) is 1. The van der Waals surface area contributed by atoms with Gasteiger partial charge in [0, 0.05) is 49.0 Å². The van der Waals surface area contributed by atoms with E-state index in [2.05, 4.69) is 29.1 Å². The number of rotatable bonds is 3. The van der Waals surface area contributed by atoms with Crippen molar-refractivity contribution in [2.24, 2.45) is 0 Å². The van der Waals surface area contributed by atoms with Gasteiger partial charge >= 0.3 is 6.18 Å². The van der Waals surface area contributed by atoms with E-state index in [1.807, 2.05) is 36.4 Å². The smallest absolute Gasteiger partial charge is 0.368 e. The Morgan fingerprint density at radius 2 is 1.63 bits per heavy atom. The second-order valence-electron chi connectivity index (χ2n) is 7.03. The average molecular weight is 430 g/mol. The number of alkyl halides is 3. The molecule has 2 aromatic carbocycles. The highest BCUT2D eigenvalue weighted by Gasteiger charge is 2.34. The molecule has 0 aliphatic carbocycles. The Morgan fingerprint density at radius 3 is 2.37 bits per heavy atom. The van der Waals surface area contributed by atoms with E-state index in [-0.39, 0.29) is 0 Å². The molecule has 0 spiro atoms. The lowest BCUT2D eigenvalue weighted by Crippen LogP contribution is -2.46. The number of fused-ring (bicyclic) bond motifs is 1. The third-order valence-corrected chi connectivity index (χ3v) is 5.87. The molecule has 10 heteroatoms. The first-order chi connectivity index (χ1) is 14.5. The summed E-state index contributed by atoms with van der Waals surface area (Å²) in [5.41, 5.74) is 2.57. The van der Waals surface area contributed by atoms with Crippen molar-refractivity contribution in [1.29, 1.82) is 0 Å². The molecule has 3 heterocycles. The Morgan fingerprint density at radius 1 is 0.900 bits per heavy atom. The fourth-order valence-electron chi connectivity index (χ4n) is 3.53. The van der Waals surface area contributed by atoms with Gasteiger partial charge in [-0.1, -0.05) is 30.3 Å².